The Bertz CT molecular complexity index is 369. The first kappa shape index (κ1) is 13.0. The Hall–Kier alpha value is -0.0900. The van der Waals surface area contributed by atoms with E-state index in [0.717, 1.165) is 0 Å². The molecular weight excluding hydrogens is 426 g/mol. The zero-order valence-corrected chi connectivity index (χ0v) is 12.0. The van der Waals surface area contributed by atoms with Crippen LogP contribution in [0.3, 0.4) is 0 Å². The first-order valence-electron chi connectivity index (χ1n) is 3.91. The summed E-state index contributed by atoms with van der Waals surface area (Å²) in [6, 6.07) is 3.37. The maximum atomic E-state index is 10.7. The smallest absolute Gasteiger partial charge is 0.337 e. The molecule has 1 atom stereocenters. The van der Waals surface area contributed by atoms with Crippen LogP contribution in [0.15, 0.2) is 12.1 Å². The number of ether oxygens (including phenoxy) is 1. The molecule has 0 aliphatic rings. The van der Waals surface area contributed by atoms with Gasteiger partial charge < -0.3 is 14.9 Å². The van der Waals surface area contributed by atoms with Gasteiger partial charge in [-0.2, -0.15) is 0 Å². The summed E-state index contributed by atoms with van der Waals surface area (Å²) < 4.78 is 6.38. The first-order chi connectivity index (χ1) is 6.97. The fraction of sp³-hybridized carbons (Fsp3) is 0.222. The molecule has 1 rings (SSSR count). The first-order valence-corrected chi connectivity index (χ1v) is 6.07. The van der Waals surface area contributed by atoms with Crippen LogP contribution >= 0.6 is 45.2 Å². The highest BCUT2D eigenvalue weighted by atomic mass is 127. The minimum atomic E-state index is -1.49. The molecule has 82 valence electrons. The zero-order chi connectivity index (χ0) is 11.6. The van der Waals surface area contributed by atoms with E-state index in [-0.39, 0.29) is 0 Å². The number of carboxylic acid groups (broad SMARTS) is 1. The maximum Gasteiger partial charge on any atom is 0.337 e. The third kappa shape index (κ3) is 2.94. The zero-order valence-electron chi connectivity index (χ0n) is 7.70. The van der Waals surface area contributed by atoms with Crippen LogP contribution in [-0.4, -0.2) is 23.3 Å². The fourth-order valence-corrected chi connectivity index (χ4v) is 3.36. The van der Waals surface area contributed by atoms with E-state index in [1.165, 1.54) is 7.11 Å². The van der Waals surface area contributed by atoms with Gasteiger partial charge in [-0.1, -0.05) is 0 Å². The molecule has 0 bridgehead atoms. The van der Waals surface area contributed by atoms with Crippen LogP contribution in [0.5, 0.6) is 5.75 Å². The minimum absolute atomic E-state index is 0.407. The number of hydrogen-bond acceptors (Lipinski definition) is 3. The van der Waals surface area contributed by atoms with Gasteiger partial charge in [-0.25, -0.2) is 4.79 Å². The van der Waals surface area contributed by atoms with Crippen LogP contribution in [0.4, 0.5) is 0 Å². The summed E-state index contributed by atoms with van der Waals surface area (Å²) in [5.74, 6) is -0.610. The lowest BCUT2D eigenvalue weighted by Gasteiger charge is -2.12. The van der Waals surface area contributed by atoms with Gasteiger partial charge in [0.1, 0.15) is 5.75 Å². The van der Waals surface area contributed by atoms with Crippen molar-refractivity contribution in [2.45, 2.75) is 6.10 Å². The molecule has 0 fully saturated rings. The van der Waals surface area contributed by atoms with Crippen LogP contribution in [-0.2, 0) is 4.79 Å². The molecule has 0 amide bonds. The highest BCUT2D eigenvalue weighted by Crippen LogP contribution is 2.30. The Morgan fingerprint density at radius 3 is 2.20 bits per heavy atom. The molecule has 0 radical (unpaired) electrons. The van der Waals surface area contributed by atoms with E-state index < -0.39 is 12.1 Å². The summed E-state index contributed by atoms with van der Waals surface area (Å²) in [4.78, 5) is 10.7. The van der Waals surface area contributed by atoms with Crippen molar-refractivity contribution in [3.05, 3.63) is 24.8 Å². The third-order valence-electron chi connectivity index (χ3n) is 1.80. The van der Waals surface area contributed by atoms with Gasteiger partial charge in [-0.3, -0.25) is 0 Å². The summed E-state index contributed by atoms with van der Waals surface area (Å²) in [6.07, 6.45) is -1.49. The van der Waals surface area contributed by atoms with Crippen molar-refractivity contribution in [2.24, 2.45) is 0 Å². The minimum Gasteiger partial charge on any atom is -0.497 e. The average Bonchev–Trinajstić information content (AvgIpc) is 2.16. The Labute approximate surface area is 114 Å². The van der Waals surface area contributed by atoms with Crippen LogP contribution in [0.25, 0.3) is 0 Å². The Morgan fingerprint density at radius 1 is 1.40 bits per heavy atom. The molecule has 2 N–H and O–H groups in total. The van der Waals surface area contributed by atoms with E-state index in [1.807, 2.05) is 45.2 Å². The Kier molecular flexibility index (Phi) is 4.59. The molecule has 4 nitrogen and oxygen atoms in total. The monoisotopic (exact) mass is 434 g/mol. The van der Waals surface area contributed by atoms with Crippen molar-refractivity contribution in [1.29, 1.82) is 0 Å². The van der Waals surface area contributed by atoms with E-state index in [9.17, 15) is 9.90 Å². The molecule has 1 aromatic carbocycles. The molecule has 6 heteroatoms. The largest absolute Gasteiger partial charge is 0.497 e. The predicted octanol–water partition coefficient (Wildman–Crippen LogP) is 2.02. The van der Waals surface area contributed by atoms with Crippen molar-refractivity contribution in [2.75, 3.05) is 7.11 Å². The third-order valence-corrected chi connectivity index (χ3v) is 3.58. The number of benzene rings is 1. The highest BCUT2D eigenvalue weighted by Gasteiger charge is 2.22. The summed E-state index contributed by atoms with van der Waals surface area (Å²) in [5, 5.41) is 18.2. The van der Waals surface area contributed by atoms with Gasteiger partial charge in [-0.15, -0.1) is 0 Å². The normalized spacial score (nSPS) is 12.3. The molecule has 0 aliphatic heterocycles. The number of aliphatic carboxylic acids is 1. The van der Waals surface area contributed by atoms with Crippen molar-refractivity contribution >= 4 is 51.2 Å². The summed E-state index contributed by atoms with van der Waals surface area (Å²) in [5.41, 5.74) is 0.407. The lowest BCUT2D eigenvalue weighted by atomic mass is 10.1. The molecular formula is C9H8I2O4. The van der Waals surface area contributed by atoms with E-state index in [4.69, 9.17) is 9.84 Å². The molecule has 0 heterocycles. The molecule has 0 saturated carbocycles. The van der Waals surface area contributed by atoms with Crippen LogP contribution in [0.2, 0.25) is 0 Å². The molecule has 0 aromatic heterocycles. The van der Waals surface area contributed by atoms with Gasteiger partial charge in [0, 0.05) is 12.7 Å². The van der Waals surface area contributed by atoms with Crippen LogP contribution < -0.4 is 4.74 Å². The molecule has 0 saturated heterocycles. The van der Waals surface area contributed by atoms with Gasteiger partial charge >= 0.3 is 5.97 Å². The van der Waals surface area contributed by atoms with Gasteiger partial charge in [0.2, 0.25) is 0 Å². The summed E-state index contributed by atoms with van der Waals surface area (Å²) in [6.45, 7) is 0. The second kappa shape index (κ2) is 5.30. The number of carbonyl (C=O) groups is 1. The van der Waals surface area contributed by atoms with Crippen molar-refractivity contribution in [3.63, 3.8) is 0 Å². The topological polar surface area (TPSA) is 66.8 Å². The van der Waals surface area contributed by atoms with Gasteiger partial charge in [0.25, 0.3) is 0 Å². The van der Waals surface area contributed by atoms with Gasteiger partial charge in [0.05, 0.1) is 7.11 Å². The average molecular weight is 434 g/mol. The van der Waals surface area contributed by atoms with E-state index in [1.54, 1.807) is 12.1 Å². The quantitative estimate of drug-likeness (QED) is 0.716. The standard InChI is InChI=1S/C9H8I2O4/c1-15-4-2-5(10)7(6(11)3-4)8(12)9(13)14/h2-3,8,12H,1H3,(H,13,14). The number of carboxylic acids is 1. The summed E-state index contributed by atoms with van der Waals surface area (Å²) in [7, 11) is 1.54. The molecule has 15 heavy (non-hydrogen) atoms. The van der Waals surface area contributed by atoms with E-state index in [2.05, 4.69) is 0 Å². The molecule has 1 unspecified atom stereocenters. The second-order valence-electron chi connectivity index (χ2n) is 2.75. The van der Waals surface area contributed by atoms with Gasteiger partial charge in [-0.05, 0) is 57.3 Å². The van der Waals surface area contributed by atoms with E-state index in [0.29, 0.717) is 18.5 Å². The van der Waals surface area contributed by atoms with Gasteiger partial charge in [0.15, 0.2) is 6.10 Å². The van der Waals surface area contributed by atoms with Crippen LogP contribution in [0, 0.1) is 7.14 Å². The Balaban J connectivity index is 3.25. The second-order valence-corrected chi connectivity index (χ2v) is 5.07. The number of halogens is 2. The van der Waals surface area contributed by atoms with E-state index >= 15 is 0 Å². The number of methoxy groups -OCH3 is 1. The van der Waals surface area contributed by atoms with Crippen molar-refractivity contribution in [3.8, 4) is 5.75 Å². The number of aliphatic hydroxyl groups is 1. The lowest BCUT2D eigenvalue weighted by molar-refractivity contribution is -0.147. The highest BCUT2D eigenvalue weighted by molar-refractivity contribution is 14.1. The Morgan fingerprint density at radius 2 is 1.87 bits per heavy atom. The maximum absolute atomic E-state index is 10.7. The fourth-order valence-electron chi connectivity index (χ4n) is 1.06. The number of hydrogen-bond donors (Lipinski definition) is 2. The molecule has 1 aromatic rings. The van der Waals surface area contributed by atoms with Crippen molar-refractivity contribution in [1.82, 2.24) is 0 Å². The predicted molar refractivity (Wildman–Crippen MR) is 71.0 cm³/mol. The SMILES string of the molecule is COc1cc(I)c(C(O)C(=O)O)c(I)c1. The lowest BCUT2D eigenvalue weighted by Crippen LogP contribution is -2.13. The number of rotatable bonds is 3. The van der Waals surface area contributed by atoms with Crippen molar-refractivity contribution < 1.29 is 19.7 Å². The summed E-state index contributed by atoms with van der Waals surface area (Å²) >= 11 is 3.95. The molecule has 0 spiro atoms. The number of aliphatic hydroxyl groups excluding tert-OH is 1. The molecule has 0 aliphatic carbocycles. The van der Waals surface area contributed by atoms with Crippen LogP contribution in [0.1, 0.15) is 11.7 Å².